The van der Waals surface area contributed by atoms with Crippen LogP contribution < -0.4 is 34.0 Å². The van der Waals surface area contributed by atoms with Crippen molar-refractivity contribution in [3.8, 4) is 0 Å². The average molecular weight is 709 g/mol. The van der Waals surface area contributed by atoms with Gasteiger partial charge in [-0.1, -0.05) is 0 Å². The lowest BCUT2D eigenvalue weighted by atomic mass is 9.77. The van der Waals surface area contributed by atoms with Crippen molar-refractivity contribution in [2.45, 2.75) is 149 Å². The summed E-state index contributed by atoms with van der Waals surface area (Å²) in [4.78, 5) is 0. The molecule has 17 atom stereocenters. The van der Waals surface area contributed by atoms with E-state index in [2.05, 4.69) is 5.32 Å². The molecule has 0 bridgehead atoms. The fourth-order valence-electron chi connectivity index (χ4n) is 7.73. The summed E-state index contributed by atoms with van der Waals surface area (Å²) >= 11 is 0. The monoisotopic (exact) mass is 708 g/mol. The van der Waals surface area contributed by atoms with Crippen molar-refractivity contribution in [2.75, 3.05) is 32.8 Å². The van der Waals surface area contributed by atoms with Gasteiger partial charge in [0.05, 0.1) is 30.9 Å². The molecule has 0 spiro atoms. The van der Waals surface area contributed by atoms with Crippen LogP contribution in [0.15, 0.2) is 0 Å². The Bertz CT molecular complexity index is 1000. The topological polar surface area (TPSA) is 319 Å². The smallest absolute Gasteiger partial charge is 0.187 e. The van der Waals surface area contributed by atoms with Gasteiger partial charge in [-0.25, -0.2) is 0 Å². The molecule has 0 amide bonds. The SMILES string of the molecule is NC[C@@H]1O[C@H](O[C@H]2[C@@H](O)[C@H](O[C@@H]3[C@@H](O)[C@H](CCCO)C[C@H](N)[C@H]3O[C@H]3O[C@H](CNCC4CC(N)C4)CC[C@H]3N)O[C@@H]2CO)[C@H](N)[C@@H](O)[C@@H]1O. The molecular formula is C31H60N6O12. The van der Waals surface area contributed by atoms with Crippen molar-refractivity contribution in [1.29, 1.82) is 0 Å². The van der Waals surface area contributed by atoms with E-state index in [4.69, 9.17) is 57.1 Å². The highest BCUT2D eigenvalue weighted by Crippen LogP contribution is 2.37. The lowest BCUT2D eigenvalue weighted by molar-refractivity contribution is -0.292. The first-order chi connectivity index (χ1) is 23.4. The minimum absolute atomic E-state index is 0.0680. The van der Waals surface area contributed by atoms with Gasteiger partial charge in [-0.3, -0.25) is 0 Å². The van der Waals surface area contributed by atoms with E-state index in [1.54, 1.807) is 0 Å². The van der Waals surface area contributed by atoms with Gasteiger partial charge >= 0.3 is 0 Å². The molecule has 5 rings (SSSR count). The number of hydrogen-bond donors (Lipinski definition) is 12. The second-order valence-corrected chi connectivity index (χ2v) is 14.5. The predicted octanol–water partition coefficient (Wildman–Crippen LogP) is -5.41. The van der Waals surface area contributed by atoms with Crippen molar-refractivity contribution in [1.82, 2.24) is 5.32 Å². The van der Waals surface area contributed by atoms with Crippen LogP contribution in [0.1, 0.15) is 44.9 Å². The van der Waals surface area contributed by atoms with Crippen molar-refractivity contribution < 1.29 is 59.1 Å². The molecule has 0 aromatic carbocycles. The van der Waals surface area contributed by atoms with E-state index in [0.717, 1.165) is 25.8 Å². The zero-order chi connectivity index (χ0) is 35.4. The van der Waals surface area contributed by atoms with Gasteiger partial charge in [0.2, 0.25) is 0 Å². The quantitative estimate of drug-likeness (QED) is 0.0755. The van der Waals surface area contributed by atoms with Crippen molar-refractivity contribution in [3.05, 3.63) is 0 Å². The average Bonchev–Trinajstić information content (AvgIpc) is 3.37. The molecule has 2 saturated carbocycles. The van der Waals surface area contributed by atoms with Crippen molar-refractivity contribution >= 4 is 0 Å². The van der Waals surface area contributed by atoms with Crippen LogP contribution in [-0.2, 0) is 28.4 Å². The Labute approximate surface area is 286 Å². The first-order valence-corrected chi connectivity index (χ1v) is 17.7. The molecule has 0 aromatic heterocycles. The Balaban J connectivity index is 1.26. The summed E-state index contributed by atoms with van der Waals surface area (Å²) in [6, 6.07) is -2.03. The third-order valence-corrected chi connectivity index (χ3v) is 10.8. The fraction of sp³-hybridized carbons (Fsp3) is 1.00. The van der Waals surface area contributed by atoms with E-state index in [-0.39, 0.29) is 31.2 Å². The number of nitrogens with two attached hydrogens (primary N) is 5. The van der Waals surface area contributed by atoms with Crippen LogP contribution in [0, 0.1) is 11.8 Å². The number of aliphatic hydroxyl groups is 6. The number of rotatable bonds is 15. The number of nitrogens with one attached hydrogen (secondary N) is 1. The molecule has 286 valence electrons. The van der Waals surface area contributed by atoms with E-state index >= 15 is 0 Å². The van der Waals surface area contributed by atoms with Crippen LogP contribution in [-0.4, -0.2) is 168 Å². The molecule has 3 heterocycles. The Morgan fingerprint density at radius 2 is 1.37 bits per heavy atom. The van der Waals surface area contributed by atoms with Crippen molar-refractivity contribution in [3.63, 3.8) is 0 Å². The van der Waals surface area contributed by atoms with Gasteiger partial charge in [-0.2, -0.15) is 0 Å². The summed E-state index contributed by atoms with van der Waals surface area (Å²) in [7, 11) is 0. The molecule has 5 aliphatic rings. The van der Waals surface area contributed by atoms with Gasteiger partial charge in [0.25, 0.3) is 0 Å². The van der Waals surface area contributed by atoms with Crippen molar-refractivity contribution in [2.24, 2.45) is 40.5 Å². The molecule has 18 heteroatoms. The van der Waals surface area contributed by atoms with Gasteiger partial charge in [0.15, 0.2) is 18.9 Å². The maximum Gasteiger partial charge on any atom is 0.187 e. The highest BCUT2D eigenvalue weighted by atomic mass is 16.8. The molecule has 3 aliphatic heterocycles. The minimum atomic E-state index is -1.52. The van der Waals surface area contributed by atoms with Crippen LogP contribution in [0.2, 0.25) is 0 Å². The maximum atomic E-state index is 11.6. The zero-order valence-corrected chi connectivity index (χ0v) is 28.0. The van der Waals surface area contributed by atoms with Gasteiger partial charge < -0.3 is 93.0 Å². The van der Waals surface area contributed by atoms with Gasteiger partial charge in [-0.05, 0) is 63.3 Å². The first-order valence-electron chi connectivity index (χ1n) is 17.7. The molecular weight excluding hydrogens is 648 g/mol. The molecule has 17 N–H and O–H groups in total. The lowest BCUT2D eigenvalue weighted by Crippen LogP contribution is -2.64. The third kappa shape index (κ3) is 9.27. The molecule has 3 saturated heterocycles. The molecule has 49 heavy (non-hydrogen) atoms. The summed E-state index contributed by atoms with van der Waals surface area (Å²) in [5.41, 5.74) is 30.8. The van der Waals surface area contributed by atoms with Crippen LogP contribution in [0.25, 0.3) is 0 Å². The van der Waals surface area contributed by atoms with Crippen LogP contribution >= 0.6 is 0 Å². The minimum Gasteiger partial charge on any atom is -0.396 e. The Hall–Kier alpha value is -0.720. The summed E-state index contributed by atoms with van der Waals surface area (Å²) in [5, 5.41) is 66.7. The summed E-state index contributed by atoms with van der Waals surface area (Å²) in [6.07, 6.45) is -9.92. The molecule has 2 aliphatic carbocycles. The maximum absolute atomic E-state index is 11.6. The van der Waals surface area contributed by atoms with E-state index in [1.165, 1.54) is 0 Å². The van der Waals surface area contributed by atoms with E-state index < -0.39 is 98.5 Å². The zero-order valence-electron chi connectivity index (χ0n) is 28.0. The van der Waals surface area contributed by atoms with E-state index in [0.29, 0.717) is 38.1 Å². The summed E-state index contributed by atoms with van der Waals surface area (Å²) < 4.78 is 36.5. The highest BCUT2D eigenvalue weighted by Gasteiger charge is 2.54. The number of aliphatic hydroxyl groups excluding tert-OH is 6. The second-order valence-electron chi connectivity index (χ2n) is 14.5. The van der Waals surface area contributed by atoms with Crippen LogP contribution in [0.5, 0.6) is 0 Å². The molecule has 5 fully saturated rings. The third-order valence-electron chi connectivity index (χ3n) is 10.8. The van der Waals surface area contributed by atoms with Crippen LogP contribution in [0.3, 0.4) is 0 Å². The lowest BCUT2D eigenvalue weighted by Gasteiger charge is -2.46. The van der Waals surface area contributed by atoms with Crippen LogP contribution in [0.4, 0.5) is 0 Å². The van der Waals surface area contributed by atoms with Gasteiger partial charge in [0, 0.05) is 31.8 Å². The summed E-state index contributed by atoms with van der Waals surface area (Å²) in [6.45, 7) is 0.678. The first kappa shape index (κ1) is 39.5. The van der Waals surface area contributed by atoms with E-state index in [9.17, 15) is 30.6 Å². The Morgan fingerprint density at radius 3 is 2.04 bits per heavy atom. The molecule has 0 radical (unpaired) electrons. The Morgan fingerprint density at radius 1 is 0.673 bits per heavy atom. The van der Waals surface area contributed by atoms with Gasteiger partial charge in [-0.15, -0.1) is 0 Å². The summed E-state index contributed by atoms with van der Waals surface area (Å²) in [5.74, 6) is 0.197. The highest BCUT2D eigenvalue weighted by molar-refractivity contribution is 5.00. The molecule has 0 unspecified atom stereocenters. The number of ether oxygens (including phenoxy) is 6. The standard InChI is InChI=1S/C31H60N6O12/c32-9-19-23(41)24(42)21(36)30(45-19)48-27-20(12-39)46-31(25(27)43)49-28-22(40)14(2-1-5-38)8-18(35)26(28)47-29-17(34)4-3-16(44-29)11-37-10-13-6-15(33)7-13/h13-31,37-43H,1-12,32-36H2/t13?,14-,15?,16+,17-,18+,19+,20-,21-,22+,23-,24-,25-,26-,27-,28-,29-,30-,31+/m1/s1. The number of hydrogen-bond acceptors (Lipinski definition) is 18. The predicted molar refractivity (Wildman–Crippen MR) is 172 cm³/mol. The fourth-order valence-corrected chi connectivity index (χ4v) is 7.73. The van der Waals surface area contributed by atoms with Gasteiger partial charge in [0.1, 0.15) is 48.8 Å². The molecule has 18 nitrogen and oxygen atoms in total. The largest absolute Gasteiger partial charge is 0.396 e. The molecule has 0 aromatic rings. The van der Waals surface area contributed by atoms with E-state index in [1.807, 2.05) is 0 Å². The normalized spacial score (nSPS) is 49.2. The second kappa shape index (κ2) is 17.9. The Kier molecular flexibility index (Phi) is 14.4.